The van der Waals surface area contributed by atoms with Gasteiger partial charge in [0.05, 0.1) is 12.2 Å². The van der Waals surface area contributed by atoms with Gasteiger partial charge >= 0.3 is 0 Å². The van der Waals surface area contributed by atoms with E-state index in [0.29, 0.717) is 19.0 Å². The normalized spacial score (nSPS) is 14.2. The van der Waals surface area contributed by atoms with Gasteiger partial charge in [-0.1, -0.05) is 19.0 Å². The minimum atomic E-state index is 0.361. The molecule has 2 aromatic rings. The number of rotatable bonds is 6. The van der Waals surface area contributed by atoms with E-state index in [1.54, 1.807) is 0 Å². The number of aryl methyl sites for hydroxylation is 1. The lowest BCUT2D eigenvalue weighted by molar-refractivity contribution is 0.372. The van der Waals surface area contributed by atoms with Crippen LogP contribution in [-0.2, 0) is 26.1 Å². The molecule has 8 heteroatoms. The molecular formula is C16H25N7O. The smallest absolute Gasteiger partial charge is 0.192 e. The summed E-state index contributed by atoms with van der Waals surface area (Å²) in [6.07, 6.45) is 2.16. The maximum Gasteiger partial charge on any atom is 0.192 e. The van der Waals surface area contributed by atoms with Crippen molar-refractivity contribution in [1.29, 1.82) is 0 Å². The molecule has 0 spiro atoms. The van der Waals surface area contributed by atoms with Crippen LogP contribution in [0, 0.1) is 0 Å². The van der Waals surface area contributed by atoms with E-state index >= 15 is 0 Å². The molecular weight excluding hydrogens is 306 g/mol. The van der Waals surface area contributed by atoms with Gasteiger partial charge in [0.25, 0.3) is 0 Å². The van der Waals surface area contributed by atoms with E-state index in [2.05, 4.69) is 49.4 Å². The van der Waals surface area contributed by atoms with Gasteiger partial charge < -0.3 is 19.7 Å². The van der Waals surface area contributed by atoms with Crippen molar-refractivity contribution in [1.82, 2.24) is 30.6 Å². The molecule has 1 aliphatic rings. The zero-order valence-electron chi connectivity index (χ0n) is 14.5. The van der Waals surface area contributed by atoms with Gasteiger partial charge in [0.15, 0.2) is 17.5 Å². The van der Waals surface area contributed by atoms with Crippen LogP contribution in [0.2, 0.25) is 0 Å². The first-order valence-corrected chi connectivity index (χ1v) is 8.56. The van der Waals surface area contributed by atoms with E-state index in [9.17, 15) is 0 Å². The molecule has 130 valence electrons. The molecule has 2 aromatic heterocycles. The molecule has 3 rings (SSSR count). The fourth-order valence-corrected chi connectivity index (χ4v) is 2.67. The molecule has 3 heterocycles. The maximum atomic E-state index is 5.34. The number of guanidine groups is 1. The Morgan fingerprint density at radius 3 is 3.00 bits per heavy atom. The van der Waals surface area contributed by atoms with Crippen molar-refractivity contribution in [3.63, 3.8) is 0 Å². The van der Waals surface area contributed by atoms with Crippen LogP contribution in [-0.4, -0.2) is 32.4 Å². The van der Waals surface area contributed by atoms with E-state index in [1.165, 1.54) is 0 Å². The van der Waals surface area contributed by atoms with Crippen LogP contribution in [0.4, 0.5) is 0 Å². The van der Waals surface area contributed by atoms with Crippen LogP contribution >= 0.6 is 0 Å². The highest BCUT2D eigenvalue weighted by Gasteiger charge is 2.16. The second kappa shape index (κ2) is 7.46. The molecule has 2 N–H and O–H groups in total. The molecule has 0 saturated heterocycles. The van der Waals surface area contributed by atoms with Crippen molar-refractivity contribution in [2.45, 2.75) is 59.2 Å². The van der Waals surface area contributed by atoms with Crippen molar-refractivity contribution < 1.29 is 4.52 Å². The monoisotopic (exact) mass is 331 g/mol. The standard InChI is InChI=1S/C16H25N7O/c1-4-17-16(18-9-12-8-13(11(2)3)22-24-12)19-10-15-21-20-14-6-5-7-23(14)15/h8,11H,4-7,9-10H2,1-3H3,(H2,17,18,19). The third-order valence-electron chi connectivity index (χ3n) is 4.01. The quantitative estimate of drug-likeness (QED) is 0.617. The van der Waals surface area contributed by atoms with E-state index in [-0.39, 0.29) is 0 Å². The van der Waals surface area contributed by atoms with Gasteiger partial charge in [-0.25, -0.2) is 4.99 Å². The summed E-state index contributed by atoms with van der Waals surface area (Å²) < 4.78 is 7.51. The molecule has 0 saturated carbocycles. The number of nitrogens with zero attached hydrogens (tertiary/aromatic N) is 5. The number of hydrogen-bond acceptors (Lipinski definition) is 5. The predicted molar refractivity (Wildman–Crippen MR) is 90.6 cm³/mol. The minimum absolute atomic E-state index is 0.361. The van der Waals surface area contributed by atoms with Gasteiger partial charge in [0.2, 0.25) is 0 Å². The Morgan fingerprint density at radius 1 is 1.38 bits per heavy atom. The molecule has 24 heavy (non-hydrogen) atoms. The van der Waals surface area contributed by atoms with Gasteiger partial charge in [0.1, 0.15) is 12.4 Å². The average Bonchev–Trinajstić information content (AvgIpc) is 3.26. The van der Waals surface area contributed by atoms with Crippen molar-refractivity contribution in [3.05, 3.63) is 29.2 Å². The fraction of sp³-hybridized carbons (Fsp3) is 0.625. The Morgan fingerprint density at radius 2 is 2.25 bits per heavy atom. The number of aromatic nitrogens is 4. The van der Waals surface area contributed by atoms with Crippen molar-refractivity contribution in [2.24, 2.45) is 4.99 Å². The number of hydrogen-bond donors (Lipinski definition) is 2. The van der Waals surface area contributed by atoms with Crippen LogP contribution in [0.25, 0.3) is 0 Å². The second-order valence-corrected chi connectivity index (χ2v) is 6.21. The summed E-state index contributed by atoms with van der Waals surface area (Å²) in [4.78, 5) is 4.60. The number of fused-ring (bicyclic) bond motifs is 1. The molecule has 1 aliphatic heterocycles. The van der Waals surface area contributed by atoms with Gasteiger partial charge in [-0.3, -0.25) is 0 Å². The largest absolute Gasteiger partial charge is 0.359 e. The summed E-state index contributed by atoms with van der Waals surface area (Å²) in [5, 5.41) is 19.0. The Hall–Kier alpha value is -2.38. The van der Waals surface area contributed by atoms with Crippen molar-refractivity contribution in [3.8, 4) is 0 Å². The lowest BCUT2D eigenvalue weighted by atomic mass is 10.1. The number of nitrogens with one attached hydrogen (secondary N) is 2. The summed E-state index contributed by atoms with van der Waals surface area (Å²) in [6.45, 7) is 9.07. The van der Waals surface area contributed by atoms with Gasteiger partial charge in [-0.15, -0.1) is 10.2 Å². The molecule has 8 nitrogen and oxygen atoms in total. The number of aliphatic imine (C=N–C) groups is 1. The summed E-state index contributed by atoms with van der Waals surface area (Å²) in [5.74, 6) is 3.88. The van der Waals surface area contributed by atoms with Crippen LogP contribution < -0.4 is 10.6 Å². The molecule has 0 amide bonds. The van der Waals surface area contributed by atoms with Crippen LogP contribution in [0.15, 0.2) is 15.6 Å². The highest BCUT2D eigenvalue weighted by Crippen LogP contribution is 2.15. The van der Waals surface area contributed by atoms with Crippen molar-refractivity contribution >= 4 is 5.96 Å². The van der Waals surface area contributed by atoms with Crippen molar-refractivity contribution in [2.75, 3.05) is 6.54 Å². The Kier molecular flexibility index (Phi) is 5.12. The molecule has 0 bridgehead atoms. The lowest BCUT2D eigenvalue weighted by Gasteiger charge is -2.09. The third kappa shape index (κ3) is 3.74. The highest BCUT2D eigenvalue weighted by atomic mass is 16.5. The van der Waals surface area contributed by atoms with Crippen LogP contribution in [0.3, 0.4) is 0 Å². The topological polar surface area (TPSA) is 93.2 Å². The molecule has 0 atom stereocenters. The van der Waals surface area contributed by atoms with Gasteiger partial charge in [-0.2, -0.15) is 0 Å². The maximum absolute atomic E-state index is 5.34. The minimum Gasteiger partial charge on any atom is -0.359 e. The predicted octanol–water partition coefficient (Wildman–Crippen LogP) is 1.59. The van der Waals surface area contributed by atoms with E-state index in [4.69, 9.17) is 4.52 Å². The average molecular weight is 331 g/mol. The molecule has 0 aromatic carbocycles. The Labute approximate surface area is 141 Å². The molecule has 0 unspecified atom stereocenters. The Bertz CT molecular complexity index is 701. The zero-order valence-corrected chi connectivity index (χ0v) is 14.5. The molecule has 0 radical (unpaired) electrons. The highest BCUT2D eigenvalue weighted by molar-refractivity contribution is 5.79. The fourth-order valence-electron chi connectivity index (χ4n) is 2.67. The van der Waals surface area contributed by atoms with E-state index < -0.39 is 0 Å². The Balaban J connectivity index is 1.60. The SMILES string of the molecule is CCNC(=NCc1nnc2n1CCC2)NCc1cc(C(C)C)no1. The van der Waals surface area contributed by atoms with Crippen LogP contribution in [0.1, 0.15) is 56.2 Å². The molecule has 0 fully saturated rings. The van der Waals surface area contributed by atoms with Gasteiger partial charge in [0, 0.05) is 25.6 Å². The second-order valence-electron chi connectivity index (χ2n) is 6.21. The first-order valence-electron chi connectivity index (χ1n) is 8.56. The first kappa shape index (κ1) is 16.5. The summed E-state index contributed by atoms with van der Waals surface area (Å²) in [6, 6.07) is 1.98. The van der Waals surface area contributed by atoms with Crippen LogP contribution in [0.5, 0.6) is 0 Å². The molecule has 0 aliphatic carbocycles. The summed E-state index contributed by atoms with van der Waals surface area (Å²) >= 11 is 0. The zero-order chi connectivity index (χ0) is 16.9. The lowest BCUT2D eigenvalue weighted by Crippen LogP contribution is -2.36. The van der Waals surface area contributed by atoms with E-state index in [0.717, 1.165) is 55.0 Å². The summed E-state index contributed by atoms with van der Waals surface area (Å²) in [7, 11) is 0. The van der Waals surface area contributed by atoms with Gasteiger partial charge in [-0.05, 0) is 19.3 Å². The van der Waals surface area contributed by atoms with E-state index in [1.807, 2.05) is 13.0 Å². The third-order valence-corrected chi connectivity index (χ3v) is 4.01. The summed E-state index contributed by atoms with van der Waals surface area (Å²) in [5.41, 5.74) is 0.966. The first-order chi connectivity index (χ1) is 11.7.